The molecule has 0 aliphatic heterocycles. The second-order valence-corrected chi connectivity index (χ2v) is 7.73. The fourth-order valence-electron chi connectivity index (χ4n) is 3.18. The van der Waals surface area contributed by atoms with Gasteiger partial charge in [-0.15, -0.1) is 11.3 Å². The zero-order valence-corrected chi connectivity index (χ0v) is 13.0. The van der Waals surface area contributed by atoms with Crippen molar-refractivity contribution in [1.29, 1.82) is 0 Å². The molecule has 0 spiro atoms. The first kappa shape index (κ1) is 14.6. The maximum Gasteiger partial charge on any atom is 0.0976 e. The number of rotatable bonds is 5. The lowest BCUT2D eigenvalue weighted by molar-refractivity contribution is 0.161. The Morgan fingerprint density at radius 3 is 2.44 bits per heavy atom. The van der Waals surface area contributed by atoms with Crippen LogP contribution in [0.2, 0.25) is 8.67 Å². The molecule has 0 aromatic carbocycles. The molecule has 2 rings (SSSR count). The van der Waals surface area contributed by atoms with Crippen molar-refractivity contribution in [3.63, 3.8) is 0 Å². The number of thiophene rings is 1. The highest BCUT2D eigenvalue weighted by Crippen LogP contribution is 2.43. The van der Waals surface area contributed by atoms with Crippen molar-refractivity contribution in [3.8, 4) is 0 Å². The molecule has 1 saturated carbocycles. The van der Waals surface area contributed by atoms with Crippen molar-refractivity contribution in [2.45, 2.75) is 51.4 Å². The summed E-state index contributed by atoms with van der Waals surface area (Å²) in [4.78, 5) is 0. The van der Waals surface area contributed by atoms with Crippen molar-refractivity contribution in [3.05, 3.63) is 20.3 Å². The van der Waals surface area contributed by atoms with Crippen LogP contribution in [0.15, 0.2) is 6.07 Å². The summed E-state index contributed by atoms with van der Waals surface area (Å²) >= 11 is 13.7. The van der Waals surface area contributed by atoms with Gasteiger partial charge in [0, 0.05) is 0 Å². The normalized spacial score (nSPS) is 19.1. The quantitative estimate of drug-likeness (QED) is 0.786. The fraction of sp³-hybridized carbons (Fsp3) is 0.714. The van der Waals surface area contributed by atoms with E-state index in [1.807, 2.05) is 6.07 Å². The summed E-state index contributed by atoms with van der Waals surface area (Å²) in [7, 11) is 0. The second-order valence-electron chi connectivity index (χ2n) is 5.45. The Bertz CT molecular complexity index is 378. The van der Waals surface area contributed by atoms with E-state index in [9.17, 15) is 0 Å². The molecule has 0 amide bonds. The van der Waals surface area contributed by atoms with Crippen LogP contribution in [0, 0.1) is 5.41 Å². The third kappa shape index (κ3) is 3.63. The predicted molar refractivity (Wildman–Crippen MR) is 81.8 cm³/mol. The van der Waals surface area contributed by atoms with Crippen LogP contribution in [0.25, 0.3) is 0 Å². The number of aryl methyl sites for hydroxylation is 1. The van der Waals surface area contributed by atoms with E-state index in [-0.39, 0.29) is 0 Å². The Morgan fingerprint density at radius 2 is 1.89 bits per heavy atom. The molecular weight excluding hydrogens is 285 g/mol. The molecule has 1 aromatic rings. The molecule has 1 fully saturated rings. The lowest BCUT2D eigenvalue weighted by atomic mass is 9.69. The third-order valence-electron chi connectivity index (χ3n) is 4.24. The molecule has 1 aliphatic carbocycles. The number of hydrogen-bond donors (Lipinski definition) is 1. The van der Waals surface area contributed by atoms with Gasteiger partial charge in [-0.3, -0.25) is 0 Å². The topological polar surface area (TPSA) is 26.0 Å². The Hall–Kier alpha value is 0.240. The maximum atomic E-state index is 6.19. The van der Waals surface area contributed by atoms with E-state index in [1.165, 1.54) is 55.4 Å². The Kier molecular flexibility index (Phi) is 5.37. The van der Waals surface area contributed by atoms with Crippen LogP contribution in [-0.2, 0) is 6.42 Å². The van der Waals surface area contributed by atoms with Gasteiger partial charge in [0.15, 0.2) is 0 Å². The van der Waals surface area contributed by atoms with E-state index in [1.54, 1.807) is 0 Å². The molecule has 1 nitrogen and oxygen atoms in total. The summed E-state index contributed by atoms with van der Waals surface area (Å²) in [6.45, 7) is 0.804. The fourth-order valence-corrected chi connectivity index (χ4v) is 4.72. The van der Waals surface area contributed by atoms with Crippen LogP contribution in [0.1, 0.15) is 50.5 Å². The lowest BCUT2D eigenvalue weighted by Gasteiger charge is -2.37. The molecule has 1 aromatic heterocycles. The van der Waals surface area contributed by atoms with Gasteiger partial charge < -0.3 is 5.73 Å². The van der Waals surface area contributed by atoms with Gasteiger partial charge in [0.2, 0.25) is 0 Å². The summed E-state index contributed by atoms with van der Waals surface area (Å²) in [5.74, 6) is 0. The molecule has 1 aliphatic rings. The van der Waals surface area contributed by atoms with Crippen LogP contribution >= 0.6 is 34.5 Å². The van der Waals surface area contributed by atoms with E-state index < -0.39 is 0 Å². The van der Waals surface area contributed by atoms with Gasteiger partial charge in [-0.05, 0) is 55.7 Å². The highest BCUT2D eigenvalue weighted by molar-refractivity contribution is 7.20. The summed E-state index contributed by atoms with van der Waals surface area (Å²) in [5, 5.41) is 0. The van der Waals surface area contributed by atoms with Gasteiger partial charge in [-0.2, -0.15) is 0 Å². The minimum Gasteiger partial charge on any atom is -0.330 e. The molecule has 0 unspecified atom stereocenters. The van der Waals surface area contributed by atoms with Crippen LogP contribution in [0.4, 0.5) is 0 Å². The monoisotopic (exact) mass is 305 g/mol. The Morgan fingerprint density at radius 1 is 1.17 bits per heavy atom. The maximum absolute atomic E-state index is 6.19. The highest BCUT2D eigenvalue weighted by atomic mass is 35.5. The molecule has 2 N–H and O–H groups in total. The molecule has 0 atom stereocenters. The second kappa shape index (κ2) is 6.60. The Labute approximate surface area is 124 Å². The SMILES string of the molecule is NCCC1(CCc2cc(Cl)sc2Cl)CCCCC1. The summed E-state index contributed by atoms with van der Waals surface area (Å²) < 4.78 is 1.66. The van der Waals surface area contributed by atoms with E-state index >= 15 is 0 Å². The zero-order valence-electron chi connectivity index (χ0n) is 10.7. The van der Waals surface area contributed by atoms with E-state index in [2.05, 4.69) is 0 Å². The van der Waals surface area contributed by atoms with Gasteiger partial charge in [0.25, 0.3) is 0 Å². The first-order valence-electron chi connectivity index (χ1n) is 6.79. The van der Waals surface area contributed by atoms with Crippen LogP contribution < -0.4 is 5.73 Å². The number of hydrogen-bond acceptors (Lipinski definition) is 2. The van der Waals surface area contributed by atoms with Crippen molar-refractivity contribution in [1.82, 2.24) is 0 Å². The van der Waals surface area contributed by atoms with Crippen molar-refractivity contribution in [2.75, 3.05) is 6.54 Å². The van der Waals surface area contributed by atoms with Gasteiger partial charge in [-0.25, -0.2) is 0 Å². The van der Waals surface area contributed by atoms with Crippen molar-refractivity contribution in [2.24, 2.45) is 11.1 Å². The highest BCUT2D eigenvalue weighted by Gasteiger charge is 2.31. The van der Waals surface area contributed by atoms with Crippen molar-refractivity contribution < 1.29 is 0 Å². The smallest absolute Gasteiger partial charge is 0.0976 e. The van der Waals surface area contributed by atoms with Crippen LogP contribution in [0.3, 0.4) is 0 Å². The molecular formula is C14H21Cl2NS. The first-order chi connectivity index (χ1) is 8.65. The molecule has 0 saturated heterocycles. The van der Waals surface area contributed by atoms with E-state index in [0.717, 1.165) is 28.1 Å². The lowest BCUT2D eigenvalue weighted by Crippen LogP contribution is -2.27. The predicted octanol–water partition coefficient (Wildman–Crippen LogP) is 5.29. The molecule has 0 bridgehead atoms. The largest absolute Gasteiger partial charge is 0.330 e. The molecule has 102 valence electrons. The average molecular weight is 306 g/mol. The minimum atomic E-state index is 0.463. The summed E-state index contributed by atoms with van der Waals surface area (Å²) in [5.41, 5.74) is 7.48. The van der Waals surface area contributed by atoms with Crippen LogP contribution in [-0.4, -0.2) is 6.54 Å². The summed E-state index contributed by atoms with van der Waals surface area (Å²) in [6.07, 6.45) is 10.2. The van der Waals surface area contributed by atoms with Crippen LogP contribution in [0.5, 0.6) is 0 Å². The molecule has 1 heterocycles. The van der Waals surface area contributed by atoms with Crippen molar-refractivity contribution >= 4 is 34.5 Å². The minimum absolute atomic E-state index is 0.463. The number of halogens is 2. The van der Waals surface area contributed by atoms with Gasteiger partial charge in [0.1, 0.15) is 0 Å². The molecule has 18 heavy (non-hydrogen) atoms. The first-order valence-corrected chi connectivity index (χ1v) is 8.36. The van der Waals surface area contributed by atoms with Gasteiger partial charge >= 0.3 is 0 Å². The Balaban J connectivity index is 1.99. The van der Waals surface area contributed by atoms with E-state index in [4.69, 9.17) is 28.9 Å². The average Bonchev–Trinajstić information content (AvgIpc) is 2.67. The zero-order chi connectivity index (χ0) is 13.0. The number of nitrogens with two attached hydrogens (primary N) is 1. The standard InChI is InChI=1S/C14H21Cl2NS/c15-12-10-11(13(16)18-12)4-7-14(8-9-17)5-2-1-3-6-14/h10H,1-9,17H2. The molecule has 0 radical (unpaired) electrons. The summed E-state index contributed by atoms with van der Waals surface area (Å²) in [6, 6.07) is 2.02. The van der Waals surface area contributed by atoms with Gasteiger partial charge in [0.05, 0.1) is 8.67 Å². The van der Waals surface area contributed by atoms with E-state index in [0.29, 0.717) is 5.41 Å². The van der Waals surface area contributed by atoms with Gasteiger partial charge in [-0.1, -0.05) is 42.5 Å². The third-order valence-corrected chi connectivity index (χ3v) is 5.81. The molecule has 4 heteroatoms.